The van der Waals surface area contributed by atoms with E-state index in [4.69, 9.17) is 5.84 Å². The van der Waals surface area contributed by atoms with Crippen molar-refractivity contribution in [2.24, 2.45) is 17.2 Å². The third kappa shape index (κ3) is 1.60. The first-order chi connectivity index (χ1) is 6.27. The molecule has 1 spiro atoms. The fourth-order valence-electron chi connectivity index (χ4n) is 3.15. The number of hydrogen-bond donors (Lipinski definition) is 2. The molecule has 0 bridgehead atoms. The summed E-state index contributed by atoms with van der Waals surface area (Å²) in [5.41, 5.74) is 0.363. The predicted octanol–water partition coefficient (Wildman–Crippen LogP) is 0.735. The Bertz CT molecular complexity index is 178. The van der Waals surface area contributed by atoms with Crippen LogP contribution in [-0.4, -0.2) is 29.8 Å². The SMILES string of the molecule is NN1CC(CO)C2(CCCCC2)C1. The van der Waals surface area contributed by atoms with Crippen LogP contribution in [0.1, 0.15) is 32.1 Å². The van der Waals surface area contributed by atoms with Crippen LogP contribution in [0, 0.1) is 11.3 Å². The van der Waals surface area contributed by atoms with E-state index in [0.29, 0.717) is 17.9 Å². The van der Waals surface area contributed by atoms with Crippen molar-refractivity contribution in [2.45, 2.75) is 32.1 Å². The minimum Gasteiger partial charge on any atom is -0.396 e. The van der Waals surface area contributed by atoms with E-state index in [2.05, 4.69) is 0 Å². The summed E-state index contributed by atoms with van der Waals surface area (Å²) in [7, 11) is 0. The zero-order valence-electron chi connectivity index (χ0n) is 8.21. The lowest BCUT2D eigenvalue weighted by Gasteiger charge is -2.37. The molecule has 0 amide bonds. The quantitative estimate of drug-likeness (QED) is 0.591. The molecule has 2 aliphatic rings. The van der Waals surface area contributed by atoms with E-state index in [0.717, 1.165) is 13.1 Å². The highest BCUT2D eigenvalue weighted by molar-refractivity contribution is 4.96. The normalized spacial score (nSPS) is 34.2. The molecule has 1 saturated heterocycles. The molecule has 3 nitrogen and oxygen atoms in total. The Morgan fingerprint density at radius 1 is 1.31 bits per heavy atom. The van der Waals surface area contributed by atoms with Crippen molar-refractivity contribution in [3.05, 3.63) is 0 Å². The Morgan fingerprint density at radius 3 is 2.62 bits per heavy atom. The summed E-state index contributed by atoms with van der Waals surface area (Å²) in [4.78, 5) is 0. The smallest absolute Gasteiger partial charge is 0.0477 e. The van der Waals surface area contributed by atoms with E-state index < -0.39 is 0 Å². The van der Waals surface area contributed by atoms with Crippen LogP contribution < -0.4 is 5.84 Å². The van der Waals surface area contributed by atoms with E-state index in [-0.39, 0.29) is 0 Å². The van der Waals surface area contributed by atoms with Crippen molar-refractivity contribution in [3.8, 4) is 0 Å². The lowest BCUT2D eigenvalue weighted by molar-refractivity contribution is 0.0916. The Balaban J connectivity index is 2.09. The van der Waals surface area contributed by atoms with Crippen LogP contribution in [0.2, 0.25) is 0 Å². The number of nitrogens with two attached hydrogens (primary N) is 1. The minimum atomic E-state index is 0.313. The van der Waals surface area contributed by atoms with Gasteiger partial charge < -0.3 is 5.11 Å². The standard InChI is InChI=1S/C10H20N2O/c11-12-6-9(7-13)10(8-12)4-2-1-3-5-10/h9,13H,1-8,11H2. The molecule has 1 saturated carbocycles. The third-order valence-corrected chi connectivity index (χ3v) is 3.91. The molecule has 1 atom stereocenters. The molecule has 2 fully saturated rings. The summed E-state index contributed by atoms with van der Waals surface area (Å²) < 4.78 is 0. The first-order valence-electron chi connectivity index (χ1n) is 5.37. The molecule has 13 heavy (non-hydrogen) atoms. The maximum Gasteiger partial charge on any atom is 0.0477 e. The molecule has 1 heterocycles. The number of aliphatic hydroxyl groups is 1. The molecule has 3 heteroatoms. The van der Waals surface area contributed by atoms with E-state index in [9.17, 15) is 5.11 Å². The van der Waals surface area contributed by atoms with Gasteiger partial charge in [-0.25, -0.2) is 5.01 Å². The molecule has 1 aliphatic carbocycles. The average Bonchev–Trinajstić information content (AvgIpc) is 2.43. The van der Waals surface area contributed by atoms with Crippen molar-refractivity contribution < 1.29 is 5.11 Å². The van der Waals surface area contributed by atoms with Gasteiger partial charge in [-0.3, -0.25) is 5.84 Å². The second-order valence-corrected chi connectivity index (χ2v) is 4.73. The van der Waals surface area contributed by atoms with Crippen LogP contribution in [0.4, 0.5) is 0 Å². The van der Waals surface area contributed by atoms with Gasteiger partial charge in [0.2, 0.25) is 0 Å². The van der Waals surface area contributed by atoms with Gasteiger partial charge in [0.1, 0.15) is 0 Å². The van der Waals surface area contributed by atoms with Gasteiger partial charge in [0.05, 0.1) is 0 Å². The Hall–Kier alpha value is -0.120. The molecular weight excluding hydrogens is 164 g/mol. The van der Waals surface area contributed by atoms with Crippen LogP contribution in [-0.2, 0) is 0 Å². The molecule has 3 N–H and O–H groups in total. The van der Waals surface area contributed by atoms with E-state index in [1.807, 2.05) is 5.01 Å². The Labute approximate surface area is 79.9 Å². The van der Waals surface area contributed by atoms with Gasteiger partial charge in [0, 0.05) is 25.6 Å². The lowest BCUT2D eigenvalue weighted by Crippen LogP contribution is -2.35. The van der Waals surface area contributed by atoms with Gasteiger partial charge in [-0.1, -0.05) is 19.3 Å². The molecule has 2 rings (SSSR count). The highest BCUT2D eigenvalue weighted by Gasteiger charge is 2.45. The monoisotopic (exact) mass is 184 g/mol. The summed E-state index contributed by atoms with van der Waals surface area (Å²) in [5.74, 6) is 6.26. The lowest BCUT2D eigenvalue weighted by atomic mass is 9.68. The van der Waals surface area contributed by atoms with Crippen molar-refractivity contribution >= 4 is 0 Å². The van der Waals surface area contributed by atoms with Crippen LogP contribution >= 0.6 is 0 Å². The molecule has 0 aromatic carbocycles. The second-order valence-electron chi connectivity index (χ2n) is 4.73. The van der Waals surface area contributed by atoms with E-state index >= 15 is 0 Å². The van der Waals surface area contributed by atoms with Gasteiger partial charge in [-0.15, -0.1) is 0 Å². The Kier molecular flexibility index (Phi) is 2.58. The van der Waals surface area contributed by atoms with Crippen molar-refractivity contribution in [1.82, 2.24) is 5.01 Å². The van der Waals surface area contributed by atoms with E-state index in [1.165, 1.54) is 32.1 Å². The van der Waals surface area contributed by atoms with Gasteiger partial charge in [-0.2, -0.15) is 0 Å². The zero-order chi connectivity index (χ0) is 9.31. The number of nitrogens with zero attached hydrogens (tertiary/aromatic N) is 1. The fraction of sp³-hybridized carbons (Fsp3) is 1.00. The molecule has 1 aliphatic heterocycles. The second kappa shape index (κ2) is 3.56. The van der Waals surface area contributed by atoms with Crippen LogP contribution in [0.25, 0.3) is 0 Å². The topological polar surface area (TPSA) is 49.5 Å². The predicted molar refractivity (Wildman–Crippen MR) is 51.9 cm³/mol. The van der Waals surface area contributed by atoms with Crippen molar-refractivity contribution in [3.63, 3.8) is 0 Å². The summed E-state index contributed by atoms with van der Waals surface area (Å²) in [6.07, 6.45) is 6.55. The average molecular weight is 184 g/mol. The first kappa shape index (κ1) is 9.44. The molecule has 0 aromatic rings. The highest BCUT2D eigenvalue weighted by atomic mass is 16.3. The Morgan fingerprint density at radius 2 is 2.00 bits per heavy atom. The van der Waals surface area contributed by atoms with Gasteiger partial charge >= 0.3 is 0 Å². The van der Waals surface area contributed by atoms with Gasteiger partial charge in [0.25, 0.3) is 0 Å². The largest absolute Gasteiger partial charge is 0.396 e. The van der Waals surface area contributed by atoms with Crippen molar-refractivity contribution in [2.75, 3.05) is 19.7 Å². The number of rotatable bonds is 1. The van der Waals surface area contributed by atoms with E-state index in [1.54, 1.807) is 0 Å². The third-order valence-electron chi connectivity index (χ3n) is 3.91. The minimum absolute atomic E-state index is 0.313. The maximum absolute atomic E-state index is 9.32. The van der Waals surface area contributed by atoms with Gasteiger partial charge in [0.15, 0.2) is 0 Å². The van der Waals surface area contributed by atoms with Crippen molar-refractivity contribution in [1.29, 1.82) is 0 Å². The maximum atomic E-state index is 9.32. The first-order valence-corrected chi connectivity index (χ1v) is 5.37. The van der Waals surface area contributed by atoms with Gasteiger partial charge in [-0.05, 0) is 18.3 Å². The highest BCUT2D eigenvalue weighted by Crippen LogP contribution is 2.46. The fourth-order valence-corrected chi connectivity index (χ4v) is 3.15. The number of hydrogen-bond acceptors (Lipinski definition) is 3. The summed E-state index contributed by atoms with van der Waals surface area (Å²) in [6, 6.07) is 0. The summed E-state index contributed by atoms with van der Waals surface area (Å²) in [6.45, 7) is 2.20. The molecule has 0 aromatic heterocycles. The summed E-state index contributed by atoms with van der Waals surface area (Å²) in [5, 5.41) is 11.2. The number of hydrazine groups is 1. The summed E-state index contributed by atoms with van der Waals surface area (Å²) >= 11 is 0. The van der Waals surface area contributed by atoms with Crippen LogP contribution in [0.15, 0.2) is 0 Å². The molecule has 1 unspecified atom stereocenters. The number of aliphatic hydroxyl groups excluding tert-OH is 1. The molecule has 76 valence electrons. The zero-order valence-corrected chi connectivity index (χ0v) is 8.21. The van der Waals surface area contributed by atoms with Crippen LogP contribution in [0.5, 0.6) is 0 Å². The van der Waals surface area contributed by atoms with Crippen LogP contribution in [0.3, 0.4) is 0 Å². The molecule has 0 radical (unpaired) electrons. The molecular formula is C10H20N2O.